The summed E-state index contributed by atoms with van der Waals surface area (Å²) >= 11 is 0. The van der Waals surface area contributed by atoms with Crippen molar-refractivity contribution < 1.29 is 14.3 Å². The fraction of sp³-hybridized carbons (Fsp3) is 0.500. The Morgan fingerprint density at radius 2 is 2.06 bits per heavy atom. The molecule has 3 nitrogen and oxygen atoms in total. The summed E-state index contributed by atoms with van der Waals surface area (Å²) in [5, 5.41) is 11.7. The molecule has 0 aliphatic heterocycles. The number of rotatable bonds is 8. The van der Waals surface area contributed by atoms with Crippen molar-refractivity contribution in [3.8, 4) is 0 Å². The molecule has 1 atom stereocenters. The van der Waals surface area contributed by atoms with E-state index in [0.29, 0.717) is 12.0 Å². The van der Waals surface area contributed by atoms with Crippen LogP contribution in [-0.2, 0) is 4.79 Å². The van der Waals surface area contributed by atoms with Gasteiger partial charge in [-0.15, -0.1) is 0 Å². The van der Waals surface area contributed by atoms with Crippen molar-refractivity contribution in [2.45, 2.75) is 38.6 Å². The minimum Gasteiger partial charge on any atom is -0.481 e. The van der Waals surface area contributed by atoms with E-state index in [0.717, 1.165) is 19.4 Å². The van der Waals surface area contributed by atoms with Crippen molar-refractivity contribution in [2.24, 2.45) is 0 Å². The molecule has 1 aromatic carbocycles. The van der Waals surface area contributed by atoms with Crippen LogP contribution in [0.4, 0.5) is 4.39 Å². The monoisotopic (exact) mass is 253 g/mol. The van der Waals surface area contributed by atoms with E-state index >= 15 is 0 Å². The summed E-state index contributed by atoms with van der Waals surface area (Å²) in [4.78, 5) is 10.3. The van der Waals surface area contributed by atoms with E-state index in [1.807, 2.05) is 13.0 Å². The maximum atomic E-state index is 13.5. The summed E-state index contributed by atoms with van der Waals surface area (Å²) in [6.45, 7) is 2.70. The van der Waals surface area contributed by atoms with Crippen LogP contribution < -0.4 is 5.32 Å². The highest BCUT2D eigenvalue weighted by molar-refractivity contribution is 5.66. The second-order valence-electron chi connectivity index (χ2n) is 4.40. The van der Waals surface area contributed by atoms with E-state index in [4.69, 9.17) is 5.11 Å². The molecule has 0 amide bonds. The van der Waals surface area contributed by atoms with Gasteiger partial charge in [0.1, 0.15) is 5.82 Å². The number of carbonyl (C=O) groups is 1. The van der Waals surface area contributed by atoms with Crippen LogP contribution in [0.5, 0.6) is 0 Å². The molecule has 0 fully saturated rings. The molecule has 2 N–H and O–H groups in total. The SMILES string of the molecule is C[C@@H](NCCCCCC(=O)O)c1ccccc1F. The summed E-state index contributed by atoms with van der Waals surface area (Å²) in [6, 6.07) is 6.71. The quantitative estimate of drug-likeness (QED) is 0.700. The van der Waals surface area contributed by atoms with Gasteiger partial charge in [0.05, 0.1) is 0 Å². The summed E-state index contributed by atoms with van der Waals surface area (Å²) in [5.41, 5.74) is 0.669. The molecular formula is C14H20FNO2. The Morgan fingerprint density at radius 1 is 1.33 bits per heavy atom. The third kappa shape index (κ3) is 5.27. The minimum absolute atomic E-state index is 0.0225. The molecule has 0 aromatic heterocycles. The van der Waals surface area contributed by atoms with Gasteiger partial charge in [-0.1, -0.05) is 24.6 Å². The zero-order chi connectivity index (χ0) is 13.4. The molecule has 0 bridgehead atoms. The number of nitrogens with one attached hydrogen (secondary N) is 1. The molecular weight excluding hydrogens is 233 g/mol. The Kier molecular flexibility index (Phi) is 6.36. The number of hydrogen-bond donors (Lipinski definition) is 2. The van der Waals surface area contributed by atoms with Gasteiger partial charge in [0, 0.05) is 18.0 Å². The number of hydrogen-bond acceptors (Lipinski definition) is 2. The zero-order valence-electron chi connectivity index (χ0n) is 10.7. The molecule has 0 saturated carbocycles. The van der Waals surface area contributed by atoms with Crippen molar-refractivity contribution in [1.82, 2.24) is 5.32 Å². The third-order valence-electron chi connectivity index (χ3n) is 2.89. The molecule has 100 valence electrons. The van der Waals surface area contributed by atoms with Crippen molar-refractivity contribution in [3.63, 3.8) is 0 Å². The highest BCUT2D eigenvalue weighted by atomic mass is 19.1. The summed E-state index contributed by atoms with van der Waals surface area (Å²) in [5.74, 6) is -0.939. The molecule has 18 heavy (non-hydrogen) atoms. The van der Waals surface area contributed by atoms with Crippen LogP contribution in [0.1, 0.15) is 44.2 Å². The van der Waals surface area contributed by atoms with Gasteiger partial charge in [0.15, 0.2) is 0 Å². The van der Waals surface area contributed by atoms with Crippen molar-refractivity contribution in [2.75, 3.05) is 6.54 Å². The van der Waals surface area contributed by atoms with E-state index in [-0.39, 0.29) is 18.3 Å². The van der Waals surface area contributed by atoms with Gasteiger partial charge in [0.25, 0.3) is 0 Å². The van der Waals surface area contributed by atoms with Crippen LogP contribution >= 0.6 is 0 Å². The molecule has 1 rings (SSSR count). The first-order valence-electron chi connectivity index (χ1n) is 6.31. The van der Waals surface area contributed by atoms with Gasteiger partial charge in [0.2, 0.25) is 0 Å². The van der Waals surface area contributed by atoms with Gasteiger partial charge in [-0.3, -0.25) is 4.79 Å². The predicted molar refractivity (Wildman–Crippen MR) is 68.9 cm³/mol. The third-order valence-corrected chi connectivity index (χ3v) is 2.89. The summed E-state index contributed by atoms with van der Waals surface area (Å²) in [6.07, 6.45) is 2.71. The molecule has 4 heteroatoms. The highest BCUT2D eigenvalue weighted by Crippen LogP contribution is 2.15. The van der Waals surface area contributed by atoms with E-state index < -0.39 is 5.97 Å². The number of halogens is 1. The predicted octanol–water partition coefficient (Wildman–Crippen LogP) is 3.12. The fourth-order valence-electron chi connectivity index (χ4n) is 1.83. The molecule has 0 unspecified atom stereocenters. The van der Waals surface area contributed by atoms with Gasteiger partial charge in [-0.25, -0.2) is 4.39 Å². The van der Waals surface area contributed by atoms with Crippen LogP contribution in [0.3, 0.4) is 0 Å². The van der Waals surface area contributed by atoms with E-state index in [2.05, 4.69) is 5.32 Å². The molecule has 1 aromatic rings. The Morgan fingerprint density at radius 3 is 2.72 bits per heavy atom. The van der Waals surface area contributed by atoms with Crippen molar-refractivity contribution >= 4 is 5.97 Å². The Bertz CT molecular complexity index is 382. The van der Waals surface area contributed by atoms with Crippen LogP contribution in [-0.4, -0.2) is 17.6 Å². The zero-order valence-corrected chi connectivity index (χ0v) is 10.7. The van der Waals surface area contributed by atoms with E-state index in [1.165, 1.54) is 6.07 Å². The van der Waals surface area contributed by atoms with Gasteiger partial charge in [-0.05, 0) is 32.4 Å². The van der Waals surface area contributed by atoms with Crippen LogP contribution in [0.25, 0.3) is 0 Å². The topological polar surface area (TPSA) is 49.3 Å². The first kappa shape index (κ1) is 14.6. The number of unbranched alkanes of at least 4 members (excludes halogenated alkanes) is 2. The average Bonchev–Trinajstić information content (AvgIpc) is 2.33. The number of carboxylic acids is 1. The minimum atomic E-state index is -0.748. The molecule has 0 spiro atoms. The Hall–Kier alpha value is -1.42. The van der Waals surface area contributed by atoms with E-state index in [9.17, 15) is 9.18 Å². The van der Waals surface area contributed by atoms with Crippen molar-refractivity contribution in [1.29, 1.82) is 0 Å². The second kappa shape index (κ2) is 7.82. The molecule has 0 saturated heterocycles. The molecule has 0 heterocycles. The van der Waals surface area contributed by atoms with Gasteiger partial charge >= 0.3 is 5.97 Å². The van der Waals surface area contributed by atoms with Gasteiger partial charge < -0.3 is 10.4 Å². The Balaban J connectivity index is 2.20. The highest BCUT2D eigenvalue weighted by Gasteiger charge is 2.08. The fourth-order valence-corrected chi connectivity index (χ4v) is 1.83. The second-order valence-corrected chi connectivity index (χ2v) is 4.40. The first-order chi connectivity index (χ1) is 8.61. The summed E-state index contributed by atoms with van der Waals surface area (Å²) < 4.78 is 13.5. The van der Waals surface area contributed by atoms with Gasteiger partial charge in [-0.2, -0.15) is 0 Å². The molecule has 0 aliphatic carbocycles. The molecule has 0 aliphatic rings. The standard InChI is InChI=1S/C14H20FNO2/c1-11(12-7-4-5-8-13(12)15)16-10-6-2-3-9-14(17)18/h4-5,7-8,11,16H,2-3,6,9-10H2,1H3,(H,17,18)/t11-/m1/s1. The maximum absolute atomic E-state index is 13.5. The average molecular weight is 253 g/mol. The lowest BCUT2D eigenvalue weighted by atomic mass is 10.1. The maximum Gasteiger partial charge on any atom is 0.303 e. The number of aliphatic carboxylic acids is 1. The number of carboxylic acid groups (broad SMARTS) is 1. The van der Waals surface area contributed by atoms with E-state index in [1.54, 1.807) is 12.1 Å². The summed E-state index contributed by atoms with van der Waals surface area (Å²) in [7, 11) is 0. The lowest BCUT2D eigenvalue weighted by Crippen LogP contribution is -2.20. The van der Waals surface area contributed by atoms with Crippen LogP contribution in [0.15, 0.2) is 24.3 Å². The Labute approximate surface area is 107 Å². The first-order valence-corrected chi connectivity index (χ1v) is 6.31. The largest absolute Gasteiger partial charge is 0.481 e. The normalized spacial score (nSPS) is 12.3. The van der Waals surface area contributed by atoms with Crippen molar-refractivity contribution in [3.05, 3.63) is 35.6 Å². The lowest BCUT2D eigenvalue weighted by molar-refractivity contribution is -0.137. The number of benzene rings is 1. The van der Waals surface area contributed by atoms with Crippen LogP contribution in [0.2, 0.25) is 0 Å². The smallest absolute Gasteiger partial charge is 0.303 e. The molecule has 0 radical (unpaired) electrons. The van der Waals surface area contributed by atoms with Crippen LogP contribution in [0, 0.1) is 5.82 Å². The lowest BCUT2D eigenvalue weighted by Gasteiger charge is -2.14.